The number of aromatic nitrogens is 2. The summed E-state index contributed by atoms with van der Waals surface area (Å²) in [5.74, 6) is 4.60. The number of nitrogens with zero attached hydrogens (tertiary/aromatic N) is 2. The number of methoxy groups -OCH3 is 1. The first-order valence-corrected chi connectivity index (χ1v) is 29.4. The number of rotatable bonds is 19. The molecule has 1 aromatic heterocycles. The molecule has 9 aliphatic carbocycles. The fourth-order valence-electron chi connectivity index (χ4n) is 14.8. The highest BCUT2D eigenvalue weighted by Gasteiger charge is 2.55. The number of amides is 2. The van der Waals surface area contributed by atoms with E-state index in [1.807, 2.05) is 7.11 Å². The van der Waals surface area contributed by atoms with Crippen molar-refractivity contribution >= 4 is 11.8 Å². The predicted molar refractivity (Wildman–Crippen MR) is 290 cm³/mol. The van der Waals surface area contributed by atoms with Crippen LogP contribution in [-0.4, -0.2) is 49.4 Å². The Kier molecular flexibility index (Phi) is 21.8. The molecule has 2 amide bonds. The Labute approximate surface area is 455 Å². The first kappa shape index (κ1) is 62.2. The Hall–Kier alpha value is -4.02. The molecular weight excluding hydrogens is 995 g/mol. The third kappa shape index (κ3) is 14.9. The van der Waals surface area contributed by atoms with Crippen LogP contribution in [0, 0.1) is 27.1 Å². The Morgan fingerprint density at radius 1 is 0.636 bits per heavy atom. The second kappa shape index (κ2) is 27.0. The molecule has 1 heterocycles. The zero-order chi connectivity index (χ0) is 56.0. The van der Waals surface area contributed by atoms with Gasteiger partial charge in [-0.1, -0.05) is 103 Å². The summed E-state index contributed by atoms with van der Waals surface area (Å²) in [6.45, 7) is 6.81. The summed E-state index contributed by atoms with van der Waals surface area (Å²) in [4.78, 5) is 22.9. The fourth-order valence-corrected chi connectivity index (χ4v) is 14.8. The van der Waals surface area contributed by atoms with Crippen molar-refractivity contribution in [2.75, 3.05) is 21.2 Å². The summed E-state index contributed by atoms with van der Waals surface area (Å²) in [5.41, 5.74) is 1.57. The van der Waals surface area contributed by atoms with Gasteiger partial charge in [0.1, 0.15) is 0 Å². The fraction of sp³-hybridized carbons (Fsp3) is 0.738. The van der Waals surface area contributed by atoms with Crippen molar-refractivity contribution in [3.63, 3.8) is 0 Å². The van der Waals surface area contributed by atoms with E-state index in [4.69, 9.17) is 15.0 Å². The maximum atomic E-state index is 13.3. The molecule has 77 heavy (non-hydrogen) atoms. The summed E-state index contributed by atoms with van der Waals surface area (Å²) in [6, 6.07) is 9.83. The van der Waals surface area contributed by atoms with E-state index in [1.54, 1.807) is 18.5 Å². The van der Waals surface area contributed by atoms with Crippen molar-refractivity contribution in [2.24, 2.45) is 32.9 Å². The number of alkyl halides is 6. The van der Waals surface area contributed by atoms with Crippen LogP contribution in [0.3, 0.4) is 0 Å². The average Bonchev–Trinajstić information content (AvgIpc) is 3.97. The van der Waals surface area contributed by atoms with Crippen LogP contribution in [0.1, 0.15) is 241 Å². The SMILES string of the molecule is CCCCCC12CCC(C(=O)NC)(CC1)CC2.CCCCCC12CCC(C([NH2+]C)OC)(CC1)CC2.CCCCCC12CCC(c3nnc(-c4ccccc4C(F)(F)F)o3)(CC1)CC2.NNC(=O)c1ccccc1C(F)(F)F. The van der Waals surface area contributed by atoms with Gasteiger partial charge in [0.05, 0.1) is 29.3 Å². The van der Waals surface area contributed by atoms with Gasteiger partial charge in [0, 0.05) is 30.4 Å². The molecule has 6 bridgehead atoms. The van der Waals surface area contributed by atoms with Crippen molar-refractivity contribution < 1.29 is 50.4 Å². The van der Waals surface area contributed by atoms with Crippen molar-refractivity contribution in [2.45, 2.75) is 237 Å². The van der Waals surface area contributed by atoms with Gasteiger partial charge in [-0.25, -0.2) is 5.84 Å². The number of carbonyl (C=O) groups is 2. The smallest absolute Gasteiger partial charge is 0.417 e. The number of hydrogen-bond acceptors (Lipinski definition) is 7. The molecule has 9 aliphatic rings. The quantitative estimate of drug-likeness (QED) is 0.0233. The zero-order valence-electron chi connectivity index (χ0n) is 47.4. The maximum Gasteiger partial charge on any atom is 0.417 e. The second-order valence-electron chi connectivity index (χ2n) is 24.3. The molecule has 2 aromatic carbocycles. The van der Waals surface area contributed by atoms with E-state index in [1.165, 1.54) is 159 Å². The molecule has 3 aromatic rings. The van der Waals surface area contributed by atoms with Crippen LogP contribution >= 0.6 is 0 Å². The van der Waals surface area contributed by atoms with Gasteiger partial charge in [-0.15, -0.1) is 10.2 Å². The molecule has 10 nitrogen and oxygen atoms in total. The van der Waals surface area contributed by atoms with Crippen LogP contribution in [0.5, 0.6) is 0 Å². The van der Waals surface area contributed by atoms with Crippen LogP contribution in [0.15, 0.2) is 52.9 Å². The normalized spacial score (nSPS) is 28.5. The minimum Gasteiger partial charge on any atom is -0.420 e. The molecule has 9 fully saturated rings. The van der Waals surface area contributed by atoms with Gasteiger partial charge in [0.25, 0.3) is 5.91 Å². The van der Waals surface area contributed by atoms with Gasteiger partial charge in [0.2, 0.25) is 17.7 Å². The molecule has 0 saturated heterocycles. The topological polar surface area (TPSA) is 149 Å². The van der Waals surface area contributed by atoms with Crippen LogP contribution in [-0.2, 0) is 27.3 Å². The molecule has 432 valence electrons. The molecule has 9 saturated carbocycles. The lowest BCUT2D eigenvalue weighted by molar-refractivity contribution is -0.720. The Bertz CT molecular complexity index is 2260. The van der Waals surface area contributed by atoms with Crippen molar-refractivity contribution in [3.8, 4) is 11.5 Å². The summed E-state index contributed by atoms with van der Waals surface area (Å²) in [6.07, 6.45) is 30.1. The lowest BCUT2D eigenvalue weighted by Gasteiger charge is -2.54. The highest BCUT2D eigenvalue weighted by molar-refractivity contribution is 5.95. The molecular formula is C61H93F6N6O4+. The molecule has 1 unspecified atom stereocenters. The van der Waals surface area contributed by atoms with Crippen molar-refractivity contribution in [1.82, 2.24) is 20.9 Å². The van der Waals surface area contributed by atoms with E-state index in [0.29, 0.717) is 34.3 Å². The number of nitrogens with one attached hydrogen (secondary N) is 2. The van der Waals surface area contributed by atoms with Gasteiger partial charge < -0.3 is 19.8 Å². The minimum atomic E-state index is -4.55. The monoisotopic (exact) mass is 1090 g/mol. The predicted octanol–water partition coefficient (Wildman–Crippen LogP) is 15.0. The van der Waals surface area contributed by atoms with Crippen LogP contribution in [0.4, 0.5) is 26.3 Å². The molecule has 16 heteroatoms. The molecule has 0 aliphatic heterocycles. The molecule has 6 N–H and O–H groups in total. The highest BCUT2D eigenvalue weighted by atomic mass is 19.4. The molecule has 0 spiro atoms. The van der Waals surface area contributed by atoms with Crippen LogP contribution in [0.25, 0.3) is 11.5 Å². The third-order valence-corrected chi connectivity index (χ3v) is 20.0. The Balaban J connectivity index is 0.000000173. The van der Waals surface area contributed by atoms with Crippen molar-refractivity contribution in [1.29, 1.82) is 0 Å². The number of unbranched alkanes of at least 4 members (excludes halogenated alkanes) is 6. The van der Waals surface area contributed by atoms with E-state index in [0.717, 1.165) is 81.4 Å². The number of nitrogens with two attached hydrogens (primary N) is 2. The van der Waals surface area contributed by atoms with Gasteiger partial charge >= 0.3 is 12.4 Å². The number of carbonyl (C=O) groups excluding carboxylic acids is 2. The number of nitrogen functional groups attached to an aromatic ring is 1. The third-order valence-electron chi connectivity index (χ3n) is 20.0. The van der Waals surface area contributed by atoms with Crippen LogP contribution in [0.2, 0.25) is 0 Å². The first-order valence-electron chi connectivity index (χ1n) is 29.4. The summed E-state index contributed by atoms with van der Waals surface area (Å²) >= 11 is 0. The highest BCUT2D eigenvalue weighted by Crippen LogP contribution is 2.62. The number of benzene rings is 2. The van der Waals surface area contributed by atoms with E-state index in [2.05, 4.69) is 48.6 Å². The largest absolute Gasteiger partial charge is 0.420 e. The van der Waals surface area contributed by atoms with E-state index in [9.17, 15) is 35.9 Å². The van der Waals surface area contributed by atoms with Crippen LogP contribution < -0.4 is 21.9 Å². The van der Waals surface area contributed by atoms with E-state index in [-0.39, 0.29) is 22.3 Å². The minimum absolute atomic E-state index is 0.0151. The number of quaternary nitrogens is 1. The van der Waals surface area contributed by atoms with E-state index < -0.39 is 35.0 Å². The van der Waals surface area contributed by atoms with Gasteiger partial charge in [-0.2, -0.15) is 26.3 Å². The Morgan fingerprint density at radius 3 is 1.48 bits per heavy atom. The molecule has 0 radical (unpaired) electrons. The van der Waals surface area contributed by atoms with Gasteiger partial charge in [-0.3, -0.25) is 15.0 Å². The van der Waals surface area contributed by atoms with Crippen molar-refractivity contribution in [3.05, 3.63) is 71.1 Å². The average molecular weight is 1090 g/mol. The van der Waals surface area contributed by atoms with Gasteiger partial charge in [0.15, 0.2) is 6.23 Å². The molecule has 12 rings (SSSR count). The standard InChI is InChI=1S/C22H27F3N2O.C16H31NO.C15H27NO.C8H7F3N2O/c1-2-3-6-9-20-10-13-21(14-11-20,15-12-20)19-27-26-18(28-19)16-7-4-5-8-17(16)22(23,24)25;1-4-5-6-7-15-8-11-16(12-9-15,13-10-15)14(17-2)18-3;1-3-4-5-6-14-7-10-15(11-8-14,12-9-14)13(17)16-2;9-8(10,11)6-4-2-1-3-5(6)7(14)13-12/h4-5,7-8H,2-3,6,9-15H2,1H3;14,17H,4-13H2,1-3H3;3-12H2,1-2H3,(H,16,17);1-4H,12H2,(H,13,14)/p+1. The summed E-state index contributed by atoms with van der Waals surface area (Å²) in [5, 5.41) is 13.4. The number of halogens is 6. The first-order chi connectivity index (χ1) is 36.7. The number of hydrazine groups is 1. The number of ether oxygens (including phenoxy) is 1. The zero-order valence-corrected chi connectivity index (χ0v) is 47.4. The van der Waals surface area contributed by atoms with E-state index >= 15 is 0 Å². The Morgan fingerprint density at radius 2 is 1.06 bits per heavy atom. The maximum absolute atomic E-state index is 13.3. The number of fused-ring (bicyclic) bond motifs is 9. The lowest BCUT2D eigenvalue weighted by Crippen LogP contribution is -2.90. The molecule has 1 atom stereocenters. The van der Waals surface area contributed by atoms with Gasteiger partial charge in [-0.05, 0) is 175 Å². The summed E-state index contributed by atoms with van der Waals surface area (Å²) < 4.78 is 88.5. The number of hydrogen-bond donors (Lipinski definition) is 4. The summed E-state index contributed by atoms with van der Waals surface area (Å²) in [7, 11) is 5.84. The lowest BCUT2D eigenvalue weighted by atomic mass is 9.52. The second-order valence-corrected chi connectivity index (χ2v) is 24.3.